The fourth-order valence-corrected chi connectivity index (χ4v) is 7.24. The Morgan fingerprint density at radius 2 is 1.60 bits per heavy atom. The standard InChI is InChI=1S/C38H38F2N2O5S/c1-26(45-23-27-10-5-3-6-11-27)35-25-47-37(41-35)38(19-18-30(22-38)42-48(2,43)44)21-29-16-17-33(39)32(20-29)31-14-9-15-34(40)36(31)46-24-28-12-7-4-8-13-28/h3-17,20,25-26,30,42H,18-19,21-24H2,1-2H3/t26-,30-,38+/m0/s1. The van der Waals surface area contributed by atoms with E-state index in [-0.39, 0.29) is 30.1 Å². The highest BCUT2D eigenvalue weighted by molar-refractivity contribution is 7.88. The average molecular weight is 673 g/mol. The van der Waals surface area contributed by atoms with Crippen molar-refractivity contribution in [3.8, 4) is 16.9 Å². The Morgan fingerprint density at radius 1 is 0.896 bits per heavy atom. The quantitative estimate of drug-likeness (QED) is 0.136. The Kier molecular flexibility index (Phi) is 10.1. The summed E-state index contributed by atoms with van der Waals surface area (Å²) in [6.45, 7) is 2.43. The zero-order chi connectivity index (χ0) is 33.7. The third-order valence-corrected chi connectivity index (χ3v) is 9.54. The maximum atomic E-state index is 15.5. The minimum atomic E-state index is -3.46. The molecule has 1 heterocycles. The monoisotopic (exact) mass is 672 g/mol. The number of nitrogens with zero attached hydrogens (tertiary/aromatic N) is 1. The van der Waals surface area contributed by atoms with E-state index in [4.69, 9.17) is 18.9 Å². The van der Waals surface area contributed by atoms with Gasteiger partial charge in [0, 0.05) is 17.2 Å². The van der Waals surface area contributed by atoms with Crippen molar-refractivity contribution in [3.05, 3.63) is 143 Å². The number of rotatable bonds is 13. The first-order valence-electron chi connectivity index (χ1n) is 15.9. The molecule has 1 aliphatic carbocycles. The molecule has 0 amide bonds. The molecule has 0 saturated heterocycles. The van der Waals surface area contributed by atoms with E-state index >= 15 is 8.78 Å². The van der Waals surface area contributed by atoms with Gasteiger partial charge in [0.2, 0.25) is 15.9 Å². The summed E-state index contributed by atoms with van der Waals surface area (Å²) in [6.07, 6.45) is 4.34. The minimum absolute atomic E-state index is 0.0350. The van der Waals surface area contributed by atoms with Crippen LogP contribution in [-0.2, 0) is 39.8 Å². The Labute approximate surface area is 280 Å². The number of para-hydroxylation sites is 1. The van der Waals surface area contributed by atoms with Gasteiger partial charge in [0.1, 0.15) is 30.5 Å². The molecule has 0 spiro atoms. The van der Waals surface area contributed by atoms with Gasteiger partial charge in [-0.05, 0) is 67.5 Å². The van der Waals surface area contributed by atoms with E-state index in [0.717, 1.165) is 22.9 Å². The normalized spacial score (nSPS) is 18.5. The summed E-state index contributed by atoms with van der Waals surface area (Å²) in [6, 6.07) is 28.1. The molecule has 7 nitrogen and oxygen atoms in total. The molecule has 250 valence electrons. The van der Waals surface area contributed by atoms with Gasteiger partial charge in [-0.3, -0.25) is 0 Å². The molecule has 1 aromatic heterocycles. The summed E-state index contributed by atoms with van der Waals surface area (Å²) in [4.78, 5) is 4.87. The second-order valence-corrected chi connectivity index (χ2v) is 14.3. The second kappa shape index (κ2) is 14.4. The van der Waals surface area contributed by atoms with Crippen LogP contribution in [0.3, 0.4) is 0 Å². The van der Waals surface area contributed by atoms with Crippen molar-refractivity contribution >= 4 is 10.0 Å². The number of ether oxygens (including phenoxy) is 2. The van der Waals surface area contributed by atoms with Crippen LogP contribution in [0.1, 0.15) is 60.6 Å². The van der Waals surface area contributed by atoms with Gasteiger partial charge < -0.3 is 13.9 Å². The summed E-state index contributed by atoms with van der Waals surface area (Å²) in [5, 5.41) is 0. The third-order valence-electron chi connectivity index (χ3n) is 8.78. The van der Waals surface area contributed by atoms with Crippen molar-refractivity contribution in [2.75, 3.05) is 6.26 Å². The number of benzene rings is 4. The Morgan fingerprint density at radius 3 is 2.31 bits per heavy atom. The van der Waals surface area contributed by atoms with Gasteiger partial charge in [0.05, 0.1) is 18.3 Å². The first-order valence-corrected chi connectivity index (χ1v) is 17.8. The number of hydrogen-bond acceptors (Lipinski definition) is 6. The number of oxazole rings is 1. The van der Waals surface area contributed by atoms with E-state index in [2.05, 4.69) is 4.72 Å². The second-order valence-electron chi connectivity index (χ2n) is 12.5. The van der Waals surface area contributed by atoms with E-state index in [1.54, 1.807) is 24.5 Å². The molecule has 0 bridgehead atoms. The van der Waals surface area contributed by atoms with Gasteiger partial charge in [0.25, 0.3) is 0 Å². The van der Waals surface area contributed by atoms with Crippen molar-refractivity contribution in [3.63, 3.8) is 0 Å². The number of halogens is 2. The first kappa shape index (κ1) is 33.5. The van der Waals surface area contributed by atoms with Crippen LogP contribution in [0.5, 0.6) is 5.75 Å². The molecule has 0 radical (unpaired) electrons. The Bertz CT molecular complexity index is 1950. The van der Waals surface area contributed by atoms with Crippen LogP contribution in [0, 0.1) is 11.6 Å². The lowest BCUT2D eigenvalue weighted by molar-refractivity contribution is 0.0496. The molecular formula is C38H38F2N2O5S. The van der Waals surface area contributed by atoms with Crippen molar-refractivity contribution in [1.29, 1.82) is 0 Å². The molecule has 0 aliphatic heterocycles. The van der Waals surface area contributed by atoms with Gasteiger partial charge in [-0.2, -0.15) is 0 Å². The SMILES string of the molecule is C[C@H](OCc1ccccc1)c1coc([C@@]2(Cc3ccc(F)c(-c4cccc(F)c4OCc4ccccc4)c3)CC[C@H](NS(C)(=O)=O)C2)n1. The molecule has 48 heavy (non-hydrogen) atoms. The molecule has 1 aliphatic rings. The van der Waals surface area contributed by atoms with Gasteiger partial charge in [0.15, 0.2) is 11.6 Å². The fraction of sp³-hybridized carbons (Fsp3) is 0.289. The lowest BCUT2D eigenvalue weighted by atomic mass is 9.79. The van der Waals surface area contributed by atoms with E-state index in [9.17, 15) is 8.42 Å². The summed E-state index contributed by atoms with van der Waals surface area (Å²) >= 11 is 0. The Hall–Kier alpha value is -4.38. The maximum absolute atomic E-state index is 15.5. The molecule has 4 aromatic carbocycles. The van der Waals surface area contributed by atoms with Gasteiger partial charge >= 0.3 is 0 Å². The predicted molar refractivity (Wildman–Crippen MR) is 180 cm³/mol. The van der Waals surface area contributed by atoms with Crippen LogP contribution in [0.4, 0.5) is 8.78 Å². The lowest BCUT2D eigenvalue weighted by Gasteiger charge is -2.27. The zero-order valence-corrected chi connectivity index (χ0v) is 27.7. The first-order chi connectivity index (χ1) is 23.1. The van der Waals surface area contributed by atoms with E-state index in [0.29, 0.717) is 49.4 Å². The summed E-state index contributed by atoms with van der Waals surface area (Å²) in [7, 11) is -3.46. The van der Waals surface area contributed by atoms with Crippen LogP contribution in [0.25, 0.3) is 11.1 Å². The highest BCUT2D eigenvalue weighted by Gasteiger charge is 2.45. The summed E-state index contributed by atoms with van der Waals surface area (Å²) in [5.74, 6) is -0.680. The number of sulfonamides is 1. The van der Waals surface area contributed by atoms with E-state index in [1.165, 1.54) is 18.2 Å². The average Bonchev–Trinajstić information content (AvgIpc) is 3.73. The predicted octanol–water partition coefficient (Wildman–Crippen LogP) is 8.06. The molecule has 3 atom stereocenters. The highest BCUT2D eigenvalue weighted by atomic mass is 32.2. The van der Waals surface area contributed by atoms with Crippen LogP contribution in [-0.4, -0.2) is 25.7 Å². The van der Waals surface area contributed by atoms with Crippen molar-refractivity contribution in [2.24, 2.45) is 0 Å². The number of aromatic nitrogens is 1. The maximum Gasteiger partial charge on any atom is 0.208 e. The van der Waals surface area contributed by atoms with Crippen LogP contribution >= 0.6 is 0 Å². The van der Waals surface area contributed by atoms with E-state index in [1.807, 2.05) is 67.6 Å². The number of hydrogen-bond donors (Lipinski definition) is 1. The molecule has 0 unspecified atom stereocenters. The zero-order valence-electron chi connectivity index (χ0n) is 26.9. The molecule has 10 heteroatoms. The topological polar surface area (TPSA) is 90.7 Å². The summed E-state index contributed by atoms with van der Waals surface area (Å²) in [5.41, 5.74) is 3.08. The summed E-state index contributed by atoms with van der Waals surface area (Å²) < 4.78 is 75.8. The van der Waals surface area contributed by atoms with Crippen molar-refractivity contribution in [1.82, 2.24) is 9.71 Å². The molecule has 1 fully saturated rings. The van der Waals surface area contributed by atoms with Crippen LogP contribution in [0.15, 0.2) is 108 Å². The van der Waals surface area contributed by atoms with Gasteiger partial charge in [-0.25, -0.2) is 26.9 Å². The Balaban J connectivity index is 1.29. The smallest absolute Gasteiger partial charge is 0.208 e. The minimum Gasteiger partial charge on any atom is -0.485 e. The van der Waals surface area contributed by atoms with E-state index < -0.39 is 27.1 Å². The fourth-order valence-electron chi connectivity index (χ4n) is 6.43. The van der Waals surface area contributed by atoms with Gasteiger partial charge in [-0.1, -0.05) is 78.9 Å². The largest absolute Gasteiger partial charge is 0.485 e. The third kappa shape index (κ3) is 8.01. The molecule has 1 saturated carbocycles. The molecular weight excluding hydrogens is 634 g/mol. The van der Waals surface area contributed by atoms with Gasteiger partial charge in [-0.15, -0.1) is 0 Å². The molecule has 5 aromatic rings. The highest BCUT2D eigenvalue weighted by Crippen LogP contribution is 2.45. The molecule has 1 N–H and O–H groups in total. The van der Waals surface area contributed by atoms with Crippen LogP contribution < -0.4 is 9.46 Å². The van der Waals surface area contributed by atoms with Crippen LogP contribution in [0.2, 0.25) is 0 Å². The number of nitrogens with one attached hydrogen (secondary N) is 1. The lowest BCUT2D eigenvalue weighted by Crippen LogP contribution is -2.35. The van der Waals surface area contributed by atoms with Crippen molar-refractivity contribution in [2.45, 2.75) is 63.4 Å². The molecule has 6 rings (SSSR count). The van der Waals surface area contributed by atoms with Crippen molar-refractivity contribution < 1.29 is 31.1 Å².